The van der Waals surface area contributed by atoms with Gasteiger partial charge in [0.2, 0.25) is 0 Å². The number of hydrogen-bond acceptors (Lipinski definition) is 3. The van der Waals surface area contributed by atoms with Gasteiger partial charge >= 0.3 is 0 Å². The van der Waals surface area contributed by atoms with E-state index in [0.29, 0.717) is 12.2 Å². The van der Waals surface area contributed by atoms with Crippen molar-refractivity contribution in [1.82, 2.24) is 0 Å². The Kier molecular flexibility index (Phi) is 9.59. The Morgan fingerprint density at radius 2 is 1.15 bits per heavy atom. The highest BCUT2D eigenvalue weighted by molar-refractivity contribution is 15.0. The third-order valence-corrected chi connectivity index (χ3v) is 8.53. The van der Waals surface area contributed by atoms with Crippen molar-refractivity contribution in [2.45, 2.75) is 82.1 Å². The highest BCUT2D eigenvalue weighted by atomic mass is 128. The highest BCUT2D eigenvalue weighted by Gasteiger charge is 2.43. The number of fused-ring (bicyclic) bond motifs is 2. The Morgan fingerprint density at radius 1 is 0.735 bits per heavy atom. The quantitative estimate of drug-likeness (QED) is 0.313. The molecule has 0 fully saturated rings. The lowest BCUT2D eigenvalue weighted by atomic mass is 9.87. The van der Waals surface area contributed by atoms with Crippen LogP contribution in [0.1, 0.15) is 90.2 Å². The van der Waals surface area contributed by atoms with E-state index < -0.39 is 5.41 Å². The van der Waals surface area contributed by atoms with E-state index >= 15 is 0 Å². The monoisotopic (exact) mass is 688 g/mol. The Balaban J connectivity index is 0.000000225. The van der Waals surface area contributed by atoms with Crippen LogP contribution in [-0.4, -0.2) is 23.3 Å². The lowest BCUT2D eigenvalue weighted by Crippen LogP contribution is -2.28. The molecule has 4 rings (SSSR count). The molecule has 0 heterocycles. The topological polar surface area (TPSA) is 54.4 Å². The predicted molar refractivity (Wildman–Crippen MR) is 159 cm³/mol. The van der Waals surface area contributed by atoms with Crippen LogP contribution in [0.2, 0.25) is 0 Å². The summed E-state index contributed by atoms with van der Waals surface area (Å²) in [6.45, 7) is 20.6. The molecule has 2 aromatic carbocycles. The molecule has 0 spiro atoms. The number of ketones is 2. The van der Waals surface area contributed by atoms with Gasteiger partial charge in [0.25, 0.3) is 0 Å². The van der Waals surface area contributed by atoms with Crippen LogP contribution in [0.5, 0.6) is 0 Å². The first kappa shape index (κ1) is 29.4. The van der Waals surface area contributed by atoms with Gasteiger partial charge in [0, 0.05) is 54.3 Å². The summed E-state index contributed by atoms with van der Waals surface area (Å²) in [6, 6.07) is 0. The Morgan fingerprint density at radius 3 is 1.62 bits per heavy atom. The zero-order valence-electron chi connectivity index (χ0n) is 22.2. The van der Waals surface area contributed by atoms with Crippen LogP contribution in [0.3, 0.4) is 0 Å². The van der Waals surface area contributed by atoms with Crippen LogP contribution in [0.4, 0.5) is 0 Å². The molecule has 0 radical (unpaired) electrons. The minimum absolute atomic E-state index is 0.0719. The van der Waals surface area contributed by atoms with E-state index in [1.54, 1.807) is 0 Å². The van der Waals surface area contributed by atoms with Crippen molar-refractivity contribution in [1.29, 1.82) is 0 Å². The average molecular weight is 688 g/mol. The van der Waals surface area contributed by atoms with Crippen molar-refractivity contribution >= 4 is 48.8 Å². The maximum absolute atomic E-state index is 12.4. The van der Waals surface area contributed by atoms with E-state index in [1.165, 1.54) is 44.5 Å². The zero-order chi connectivity index (χ0) is 26.3. The van der Waals surface area contributed by atoms with E-state index in [-0.39, 0.29) is 18.3 Å². The van der Waals surface area contributed by atoms with Gasteiger partial charge in [-0.3, -0.25) is 9.59 Å². The van der Waals surface area contributed by atoms with Crippen molar-refractivity contribution < 1.29 is 14.7 Å². The van der Waals surface area contributed by atoms with Gasteiger partial charge in [0.1, 0.15) is 0 Å². The van der Waals surface area contributed by atoms with Gasteiger partial charge in [-0.05, 0) is 131 Å². The number of benzene rings is 2. The van der Waals surface area contributed by atoms with Crippen molar-refractivity contribution in [3.05, 3.63) is 66.8 Å². The molecule has 0 aromatic heterocycles. The molecule has 2 aliphatic carbocycles. The summed E-state index contributed by atoms with van der Waals surface area (Å²) >= 11 is 4.24. The van der Waals surface area contributed by atoms with Crippen molar-refractivity contribution in [2.24, 2.45) is 11.3 Å². The molecule has 2 aliphatic rings. The average Bonchev–Trinajstić information content (AvgIpc) is 3.28. The number of aliphatic hydroxyl groups excluding tert-OH is 1. The lowest BCUT2D eigenvalue weighted by molar-refractivity contribution is 0.0721. The first-order valence-electron chi connectivity index (χ1n) is 11.8. The van der Waals surface area contributed by atoms with Crippen LogP contribution in [0, 0.1) is 66.7 Å². The fraction of sp³-hybridized carbons (Fsp3) is 0.517. The van der Waals surface area contributed by atoms with E-state index in [2.05, 4.69) is 85.7 Å². The number of Topliss-reactive ketones (excluding diaryl/α,β-unsaturated/α-hetero) is 2. The zero-order valence-corrected chi connectivity index (χ0v) is 26.5. The van der Waals surface area contributed by atoms with Crippen LogP contribution >= 0.6 is 37.2 Å². The van der Waals surface area contributed by atoms with Crippen molar-refractivity contribution in [3.8, 4) is 0 Å². The standard InChI is InChI=1S/C15H20O2.C14H18O.I2/c1-8-9(2)11(4)13-12(10(8)3)6-15(5,7-16)14(13)17;1-7-6-12-10(4)8(2)9(3)11(5)13(12)14(7)15;1-2/h16H,6-7H2,1-5H3;7H,6H2,1-5H3;. The molecule has 34 heavy (non-hydrogen) atoms. The second-order valence-electron chi connectivity index (χ2n) is 10.4. The van der Waals surface area contributed by atoms with Crippen LogP contribution in [0.15, 0.2) is 0 Å². The van der Waals surface area contributed by atoms with Crippen LogP contribution in [0.25, 0.3) is 0 Å². The number of carbonyl (C=O) groups excluding carboxylic acids is 2. The summed E-state index contributed by atoms with van der Waals surface area (Å²) in [6.07, 6.45) is 1.60. The largest absolute Gasteiger partial charge is 0.395 e. The molecular formula is C29H38I2O3. The van der Waals surface area contributed by atoms with Gasteiger partial charge in [-0.25, -0.2) is 0 Å². The molecule has 5 heteroatoms. The maximum atomic E-state index is 12.4. The minimum atomic E-state index is -0.613. The lowest BCUT2D eigenvalue weighted by Gasteiger charge is -2.17. The first-order valence-corrected chi connectivity index (χ1v) is 18.1. The van der Waals surface area contributed by atoms with Crippen LogP contribution < -0.4 is 0 Å². The fourth-order valence-corrected chi connectivity index (χ4v) is 5.44. The normalized spacial score (nSPS) is 20.3. The summed E-state index contributed by atoms with van der Waals surface area (Å²) in [5.74, 6) is 0.631. The van der Waals surface area contributed by atoms with Gasteiger partial charge in [-0.2, -0.15) is 0 Å². The summed E-state index contributed by atoms with van der Waals surface area (Å²) in [5, 5.41) is 9.47. The third kappa shape index (κ3) is 4.77. The SMILES string of the molecule is Cc1c(C)c(C)c2c(c1C)CC(C)(CO)C2=O.Cc1c(C)c(C)c2c(c1C)CC(C)C2=O.II. The number of hydrogen-bond donors (Lipinski definition) is 1. The Bertz CT molecular complexity index is 1160. The molecule has 0 bridgehead atoms. The smallest absolute Gasteiger partial charge is 0.171 e. The van der Waals surface area contributed by atoms with Gasteiger partial charge < -0.3 is 5.11 Å². The number of aliphatic hydroxyl groups is 1. The predicted octanol–water partition coefficient (Wildman–Crippen LogP) is 7.72. The van der Waals surface area contributed by atoms with E-state index in [0.717, 1.165) is 28.7 Å². The molecule has 2 aromatic rings. The number of rotatable bonds is 1. The molecule has 0 saturated carbocycles. The number of halogens is 2. The molecule has 1 N–H and O–H groups in total. The van der Waals surface area contributed by atoms with E-state index in [9.17, 15) is 14.7 Å². The summed E-state index contributed by atoms with van der Waals surface area (Å²) in [7, 11) is 0. The third-order valence-electron chi connectivity index (χ3n) is 8.53. The maximum Gasteiger partial charge on any atom is 0.171 e. The molecule has 2 unspecified atom stereocenters. The molecule has 0 amide bonds. The van der Waals surface area contributed by atoms with Crippen LogP contribution in [-0.2, 0) is 12.8 Å². The fourth-order valence-electron chi connectivity index (χ4n) is 5.44. The molecule has 186 valence electrons. The summed E-state index contributed by atoms with van der Waals surface area (Å²) in [4.78, 5) is 24.5. The van der Waals surface area contributed by atoms with Gasteiger partial charge in [0.05, 0.1) is 12.0 Å². The van der Waals surface area contributed by atoms with Gasteiger partial charge in [-0.15, -0.1) is 0 Å². The second-order valence-corrected chi connectivity index (χ2v) is 10.4. The Labute approximate surface area is 228 Å². The second kappa shape index (κ2) is 11.1. The molecule has 0 saturated heterocycles. The van der Waals surface area contributed by atoms with E-state index in [1.807, 2.05) is 20.8 Å². The summed E-state index contributed by atoms with van der Waals surface area (Å²) in [5.41, 5.74) is 13.7. The number of carbonyl (C=O) groups is 2. The van der Waals surface area contributed by atoms with Gasteiger partial charge in [0.15, 0.2) is 11.6 Å². The van der Waals surface area contributed by atoms with E-state index in [4.69, 9.17) is 0 Å². The highest BCUT2D eigenvalue weighted by Crippen LogP contribution is 2.41. The summed E-state index contributed by atoms with van der Waals surface area (Å²) < 4.78 is 0. The first-order chi connectivity index (χ1) is 15.8. The molecule has 0 aliphatic heterocycles. The van der Waals surface area contributed by atoms with Gasteiger partial charge in [-0.1, -0.05) is 6.92 Å². The van der Waals surface area contributed by atoms with Crippen molar-refractivity contribution in [2.75, 3.05) is 6.61 Å². The molecular weight excluding hydrogens is 650 g/mol. The van der Waals surface area contributed by atoms with Crippen molar-refractivity contribution in [3.63, 3.8) is 0 Å². The Hall–Kier alpha value is -0.800. The molecule has 3 nitrogen and oxygen atoms in total. The molecule has 2 atom stereocenters. The minimum Gasteiger partial charge on any atom is -0.395 e.